The Bertz CT molecular complexity index is 483. The summed E-state index contributed by atoms with van der Waals surface area (Å²) < 4.78 is 0. The topological polar surface area (TPSA) is 66.4 Å². The number of carboxylic acids is 1. The number of fused-ring (bicyclic) bond motifs is 1. The van der Waals surface area contributed by atoms with E-state index in [1.807, 2.05) is 24.3 Å². The van der Waals surface area contributed by atoms with Crippen molar-refractivity contribution in [2.45, 2.75) is 38.6 Å². The van der Waals surface area contributed by atoms with E-state index < -0.39 is 11.5 Å². The highest BCUT2D eigenvalue weighted by Gasteiger charge is 2.31. The lowest BCUT2D eigenvalue weighted by Crippen LogP contribution is -2.47. The van der Waals surface area contributed by atoms with Gasteiger partial charge in [0.1, 0.15) is 0 Å². The van der Waals surface area contributed by atoms with Crippen LogP contribution in [0.1, 0.15) is 31.4 Å². The maximum Gasteiger partial charge on any atom is 0.305 e. The van der Waals surface area contributed by atoms with Gasteiger partial charge in [0.2, 0.25) is 5.91 Å². The second-order valence-corrected chi connectivity index (χ2v) is 5.82. The Balaban J connectivity index is 1.98. The molecule has 2 rings (SSSR count). The lowest BCUT2D eigenvalue weighted by Gasteiger charge is -2.26. The van der Waals surface area contributed by atoms with Crippen LogP contribution in [0.3, 0.4) is 0 Å². The molecule has 1 aromatic carbocycles. The van der Waals surface area contributed by atoms with Crippen molar-refractivity contribution in [3.8, 4) is 0 Å². The van der Waals surface area contributed by atoms with E-state index in [-0.39, 0.29) is 18.2 Å². The fraction of sp³-hybridized carbons (Fsp3) is 0.467. The molecule has 102 valence electrons. The lowest BCUT2D eigenvalue weighted by molar-refractivity contribution is -0.138. The van der Waals surface area contributed by atoms with Gasteiger partial charge in [0.15, 0.2) is 0 Å². The molecule has 1 amide bonds. The quantitative estimate of drug-likeness (QED) is 0.868. The minimum Gasteiger partial charge on any atom is -0.481 e. The Morgan fingerprint density at radius 3 is 2.26 bits per heavy atom. The molecule has 0 saturated carbocycles. The van der Waals surface area contributed by atoms with E-state index in [0.29, 0.717) is 0 Å². The number of rotatable bonds is 4. The third-order valence-corrected chi connectivity index (χ3v) is 3.48. The Labute approximate surface area is 112 Å². The van der Waals surface area contributed by atoms with Crippen LogP contribution in [0.2, 0.25) is 0 Å². The van der Waals surface area contributed by atoms with Gasteiger partial charge >= 0.3 is 5.97 Å². The summed E-state index contributed by atoms with van der Waals surface area (Å²) in [5.74, 6) is -1.03. The van der Waals surface area contributed by atoms with Gasteiger partial charge in [0.05, 0.1) is 6.42 Å². The van der Waals surface area contributed by atoms with Crippen LogP contribution < -0.4 is 5.32 Å². The zero-order valence-corrected chi connectivity index (χ0v) is 11.3. The molecule has 4 heteroatoms. The largest absolute Gasteiger partial charge is 0.481 e. The van der Waals surface area contributed by atoms with E-state index in [2.05, 4.69) is 5.32 Å². The standard InChI is InChI=1S/C15H19NO3/c1-15(2,9-13(17)18)16-14(19)12-7-10-5-3-4-6-11(10)8-12/h3-6,12H,7-9H2,1-2H3,(H,16,19)(H,17,18). The van der Waals surface area contributed by atoms with Crippen LogP contribution in [0.25, 0.3) is 0 Å². The van der Waals surface area contributed by atoms with Gasteiger partial charge in [-0.1, -0.05) is 24.3 Å². The Hall–Kier alpha value is -1.84. The molecule has 0 bridgehead atoms. The first-order valence-corrected chi connectivity index (χ1v) is 6.48. The maximum absolute atomic E-state index is 12.2. The molecule has 0 saturated heterocycles. The minimum atomic E-state index is -0.903. The van der Waals surface area contributed by atoms with Crippen molar-refractivity contribution in [3.05, 3.63) is 35.4 Å². The smallest absolute Gasteiger partial charge is 0.305 e. The first-order chi connectivity index (χ1) is 8.87. The third kappa shape index (κ3) is 3.34. The molecule has 0 aromatic heterocycles. The summed E-state index contributed by atoms with van der Waals surface area (Å²) in [6, 6.07) is 8.05. The summed E-state index contributed by atoms with van der Waals surface area (Å²) in [4.78, 5) is 23.0. The molecular weight excluding hydrogens is 242 g/mol. The molecule has 0 fully saturated rings. The van der Waals surface area contributed by atoms with Crippen molar-refractivity contribution in [1.82, 2.24) is 5.32 Å². The molecule has 0 heterocycles. The van der Waals surface area contributed by atoms with Crippen LogP contribution in [-0.4, -0.2) is 22.5 Å². The average Bonchev–Trinajstić information content (AvgIpc) is 2.69. The van der Waals surface area contributed by atoms with Crippen molar-refractivity contribution in [1.29, 1.82) is 0 Å². The molecule has 1 aliphatic rings. The molecule has 0 aliphatic heterocycles. The van der Waals surface area contributed by atoms with Crippen LogP contribution in [0.15, 0.2) is 24.3 Å². The highest BCUT2D eigenvalue weighted by Crippen LogP contribution is 2.27. The summed E-state index contributed by atoms with van der Waals surface area (Å²) in [6.07, 6.45) is 1.41. The SMILES string of the molecule is CC(C)(CC(=O)O)NC(=O)C1Cc2ccccc2C1. The van der Waals surface area contributed by atoms with E-state index in [1.54, 1.807) is 13.8 Å². The number of hydrogen-bond donors (Lipinski definition) is 2. The summed E-state index contributed by atoms with van der Waals surface area (Å²) in [5, 5.41) is 11.7. The van der Waals surface area contributed by atoms with Crippen LogP contribution in [-0.2, 0) is 22.4 Å². The molecule has 19 heavy (non-hydrogen) atoms. The van der Waals surface area contributed by atoms with E-state index in [9.17, 15) is 9.59 Å². The molecule has 4 nitrogen and oxygen atoms in total. The Morgan fingerprint density at radius 1 is 1.26 bits per heavy atom. The van der Waals surface area contributed by atoms with Crippen molar-refractivity contribution in [2.24, 2.45) is 5.92 Å². The summed E-state index contributed by atoms with van der Waals surface area (Å²) >= 11 is 0. The number of carbonyl (C=O) groups is 2. The molecule has 0 radical (unpaired) electrons. The number of carbonyl (C=O) groups excluding carboxylic acids is 1. The summed E-state index contributed by atoms with van der Waals surface area (Å²) in [7, 11) is 0. The van der Waals surface area contributed by atoms with Crippen molar-refractivity contribution in [2.75, 3.05) is 0 Å². The van der Waals surface area contributed by atoms with Crippen LogP contribution >= 0.6 is 0 Å². The van der Waals surface area contributed by atoms with Gasteiger partial charge < -0.3 is 10.4 Å². The van der Waals surface area contributed by atoms with Crippen LogP contribution in [0, 0.1) is 5.92 Å². The molecular formula is C15H19NO3. The first kappa shape index (κ1) is 13.6. The van der Waals surface area contributed by atoms with Gasteiger partial charge in [0.25, 0.3) is 0 Å². The highest BCUT2D eigenvalue weighted by atomic mass is 16.4. The Kier molecular flexibility index (Phi) is 3.60. The fourth-order valence-electron chi connectivity index (χ4n) is 2.60. The summed E-state index contributed by atoms with van der Waals surface area (Å²) in [5.41, 5.74) is 1.73. The van der Waals surface area contributed by atoms with Gasteiger partial charge in [-0.15, -0.1) is 0 Å². The number of aliphatic carboxylic acids is 1. The molecule has 0 spiro atoms. The van der Waals surface area contributed by atoms with Crippen molar-refractivity contribution in [3.63, 3.8) is 0 Å². The highest BCUT2D eigenvalue weighted by molar-refractivity contribution is 5.81. The Morgan fingerprint density at radius 2 is 1.79 bits per heavy atom. The van der Waals surface area contributed by atoms with Gasteiger partial charge in [-0.05, 0) is 37.8 Å². The van der Waals surface area contributed by atoms with Crippen LogP contribution in [0.5, 0.6) is 0 Å². The number of amides is 1. The van der Waals surface area contributed by atoms with E-state index >= 15 is 0 Å². The average molecular weight is 261 g/mol. The van der Waals surface area contributed by atoms with Gasteiger partial charge in [0, 0.05) is 11.5 Å². The number of benzene rings is 1. The molecule has 0 unspecified atom stereocenters. The summed E-state index contributed by atoms with van der Waals surface area (Å²) in [6.45, 7) is 3.47. The first-order valence-electron chi connectivity index (χ1n) is 6.48. The number of nitrogens with one attached hydrogen (secondary N) is 1. The van der Waals surface area contributed by atoms with E-state index in [4.69, 9.17) is 5.11 Å². The van der Waals surface area contributed by atoms with Gasteiger partial charge in [-0.2, -0.15) is 0 Å². The van der Waals surface area contributed by atoms with Crippen molar-refractivity contribution >= 4 is 11.9 Å². The second-order valence-electron chi connectivity index (χ2n) is 5.82. The second kappa shape index (κ2) is 5.03. The molecule has 1 aliphatic carbocycles. The molecule has 0 atom stereocenters. The van der Waals surface area contributed by atoms with E-state index in [0.717, 1.165) is 12.8 Å². The van der Waals surface area contributed by atoms with Crippen molar-refractivity contribution < 1.29 is 14.7 Å². The lowest BCUT2D eigenvalue weighted by atomic mass is 9.98. The fourth-order valence-corrected chi connectivity index (χ4v) is 2.60. The predicted octanol–water partition coefficient (Wildman–Crippen LogP) is 1.77. The number of carboxylic acid groups (broad SMARTS) is 1. The zero-order chi connectivity index (χ0) is 14.0. The van der Waals surface area contributed by atoms with Gasteiger partial charge in [-0.25, -0.2) is 0 Å². The third-order valence-electron chi connectivity index (χ3n) is 3.48. The molecule has 2 N–H and O–H groups in total. The normalized spacial score (nSPS) is 15.1. The van der Waals surface area contributed by atoms with Gasteiger partial charge in [-0.3, -0.25) is 9.59 Å². The predicted molar refractivity (Wildman–Crippen MR) is 71.8 cm³/mol. The van der Waals surface area contributed by atoms with Crippen LogP contribution in [0.4, 0.5) is 0 Å². The number of hydrogen-bond acceptors (Lipinski definition) is 2. The zero-order valence-electron chi connectivity index (χ0n) is 11.3. The monoisotopic (exact) mass is 261 g/mol. The minimum absolute atomic E-state index is 0.0533. The maximum atomic E-state index is 12.2. The molecule has 1 aromatic rings. The van der Waals surface area contributed by atoms with E-state index in [1.165, 1.54) is 11.1 Å².